The fourth-order valence-corrected chi connectivity index (χ4v) is 3.03. The van der Waals surface area contributed by atoms with Gasteiger partial charge >= 0.3 is 0 Å². The van der Waals surface area contributed by atoms with Crippen LogP contribution in [0.25, 0.3) is 0 Å². The number of hydrogen-bond donors (Lipinski definition) is 1. The molecule has 21 heavy (non-hydrogen) atoms. The van der Waals surface area contributed by atoms with E-state index in [2.05, 4.69) is 62.2 Å². The van der Waals surface area contributed by atoms with Gasteiger partial charge in [0.05, 0.1) is 0 Å². The van der Waals surface area contributed by atoms with Crippen molar-refractivity contribution in [3.05, 3.63) is 35.4 Å². The van der Waals surface area contributed by atoms with Crippen molar-refractivity contribution < 1.29 is 0 Å². The summed E-state index contributed by atoms with van der Waals surface area (Å²) in [7, 11) is 0. The maximum atomic E-state index is 3.68. The Kier molecular flexibility index (Phi) is 6.25. The van der Waals surface area contributed by atoms with Gasteiger partial charge in [-0.3, -0.25) is 4.90 Å². The number of hydrogen-bond acceptors (Lipinski definition) is 2. The van der Waals surface area contributed by atoms with Crippen LogP contribution in [-0.2, 0) is 0 Å². The number of rotatable bonds is 9. The summed E-state index contributed by atoms with van der Waals surface area (Å²) in [6, 6.07) is 10.5. The molecule has 0 aliphatic heterocycles. The van der Waals surface area contributed by atoms with E-state index in [9.17, 15) is 0 Å². The summed E-state index contributed by atoms with van der Waals surface area (Å²) in [6.07, 6.45) is 4.04. The molecule has 2 rings (SSSR count). The second kappa shape index (κ2) is 7.95. The zero-order valence-electron chi connectivity index (χ0n) is 14.2. The van der Waals surface area contributed by atoms with Crippen LogP contribution in [0.4, 0.5) is 0 Å². The van der Waals surface area contributed by atoms with E-state index in [4.69, 9.17) is 0 Å². The lowest BCUT2D eigenvalue weighted by molar-refractivity contribution is 0.234. The topological polar surface area (TPSA) is 15.3 Å². The summed E-state index contributed by atoms with van der Waals surface area (Å²) >= 11 is 0. The van der Waals surface area contributed by atoms with Crippen molar-refractivity contribution in [2.75, 3.05) is 19.6 Å². The molecule has 0 heterocycles. The Bertz CT molecular complexity index is 406. The fourth-order valence-electron chi connectivity index (χ4n) is 3.03. The molecule has 0 bridgehead atoms. The summed E-state index contributed by atoms with van der Waals surface area (Å²) in [4.78, 5) is 2.68. The second-order valence-corrected chi connectivity index (χ2v) is 6.66. The first-order valence-electron chi connectivity index (χ1n) is 8.73. The van der Waals surface area contributed by atoms with Gasteiger partial charge in [0.15, 0.2) is 0 Å². The van der Waals surface area contributed by atoms with Crippen molar-refractivity contribution >= 4 is 0 Å². The monoisotopic (exact) mass is 288 g/mol. The van der Waals surface area contributed by atoms with Crippen molar-refractivity contribution in [2.24, 2.45) is 0 Å². The Labute approximate surface area is 130 Å². The van der Waals surface area contributed by atoms with Gasteiger partial charge in [-0.15, -0.1) is 0 Å². The average molecular weight is 288 g/mol. The van der Waals surface area contributed by atoms with Gasteiger partial charge in [-0.1, -0.05) is 52.0 Å². The first kappa shape index (κ1) is 16.5. The van der Waals surface area contributed by atoms with E-state index in [1.54, 1.807) is 0 Å². The summed E-state index contributed by atoms with van der Waals surface area (Å²) in [5, 5.41) is 3.68. The highest BCUT2D eigenvalue weighted by Gasteiger charge is 2.30. The van der Waals surface area contributed by atoms with Crippen molar-refractivity contribution in [2.45, 2.75) is 65.0 Å². The van der Waals surface area contributed by atoms with Crippen LogP contribution in [-0.4, -0.2) is 30.6 Å². The predicted octanol–water partition coefficient (Wildman–Crippen LogP) is 4.34. The fraction of sp³-hybridized carbons (Fsp3) is 0.684. The summed E-state index contributed by atoms with van der Waals surface area (Å²) in [5.41, 5.74) is 2.87. The number of likely N-dealkylation sites (N-methyl/N-ethyl adjacent to an activating group) is 1. The highest BCUT2D eigenvalue weighted by Crippen LogP contribution is 2.29. The minimum Gasteiger partial charge on any atom is -0.309 e. The Morgan fingerprint density at radius 1 is 1.10 bits per heavy atom. The summed E-state index contributed by atoms with van der Waals surface area (Å²) in [5.74, 6) is 0.611. The minimum atomic E-state index is 0.461. The van der Waals surface area contributed by atoms with E-state index in [1.165, 1.54) is 36.9 Å². The molecule has 1 unspecified atom stereocenters. The zero-order chi connectivity index (χ0) is 15.2. The van der Waals surface area contributed by atoms with Gasteiger partial charge in [-0.2, -0.15) is 0 Å². The number of nitrogens with zero attached hydrogens (tertiary/aromatic N) is 1. The molecule has 0 amide bonds. The average Bonchev–Trinajstić information content (AvgIpc) is 3.31. The van der Waals surface area contributed by atoms with E-state index in [0.29, 0.717) is 12.0 Å². The number of benzene rings is 1. The van der Waals surface area contributed by atoms with Crippen LogP contribution in [0.2, 0.25) is 0 Å². The molecule has 2 heteroatoms. The van der Waals surface area contributed by atoms with E-state index in [-0.39, 0.29) is 0 Å². The molecule has 1 aromatic rings. The molecule has 1 atom stereocenters. The van der Waals surface area contributed by atoms with Gasteiger partial charge in [0.25, 0.3) is 0 Å². The van der Waals surface area contributed by atoms with Crippen LogP contribution in [0, 0.1) is 0 Å². The molecule has 1 saturated carbocycles. The predicted molar refractivity (Wildman–Crippen MR) is 91.8 cm³/mol. The first-order chi connectivity index (χ1) is 10.2. The third kappa shape index (κ3) is 4.82. The minimum absolute atomic E-state index is 0.461. The normalized spacial score (nSPS) is 16.7. The van der Waals surface area contributed by atoms with Gasteiger partial charge < -0.3 is 5.32 Å². The molecule has 1 aromatic carbocycles. The van der Waals surface area contributed by atoms with Crippen LogP contribution in [0.15, 0.2) is 24.3 Å². The molecular weight excluding hydrogens is 256 g/mol. The Hall–Kier alpha value is -0.860. The smallest absolute Gasteiger partial charge is 0.0449 e. The standard InChI is InChI=1S/C19H32N2/c1-5-13-21(18-11-12-18)14-19(20-6-2)17-9-7-16(8-10-17)15(3)4/h7-10,15,18-20H,5-6,11-14H2,1-4H3. The van der Waals surface area contributed by atoms with E-state index in [1.807, 2.05) is 0 Å². The SMILES string of the molecule is CCCN(CC(NCC)c1ccc(C(C)C)cc1)C1CC1. The van der Waals surface area contributed by atoms with Gasteiger partial charge in [-0.25, -0.2) is 0 Å². The lowest BCUT2D eigenvalue weighted by Gasteiger charge is -2.28. The van der Waals surface area contributed by atoms with Crippen LogP contribution in [0.1, 0.15) is 70.0 Å². The third-order valence-electron chi connectivity index (χ3n) is 4.45. The molecule has 1 N–H and O–H groups in total. The van der Waals surface area contributed by atoms with Gasteiger partial charge in [0.2, 0.25) is 0 Å². The Balaban J connectivity index is 2.05. The van der Waals surface area contributed by atoms with Gasteiger partial charge in [0.1, 0.15) is 0 Å². The molecular formula is C19H32N2. The molecule has 2 nitrogen and oxygen atoms in total. The lowest BCUT2D eigenvalue weighted by atomic mass is 9.98. The second-order valence-electron chi connectivity index (χ2n) is 6.66. The molecule has 0 radical (unpaired) electrons. The van der Waals surface area contributed by atoms with Gasteiger partial charge in [0, 0.05) is 18.6 Å². The number of nitrogens with one attached hydrogen (secondary N) is 1. The van der Waals surface area contributed by atoms with E-state index < -0.39 is 0 Å². The lowest BCUT2D eigenvalue weighted by Crippen LogP contribution is -2.37. The van der Waals surface area contributed by atoms with Crippen LogP contribution < -0.4 is 5.32 Å². The van der Waals surface area contributed by atoms with Crippen molar-refractivity contribution in [3.63, 3.8) is 0 Å². The van der Waals surface area contributed by atoms with Gasteiger partial charge in [-0.05, 0) is 49.4 Å². The highest BCUT2D eigenvalue weighted by molar-refractivity contribution is 5.27. The molecule has 0 saturated heterocycles. The molecule has 1 fully saturated rings. The van der Waals surface area contributed by atoms with Crippen molar-refractivity contribution in [3.8, 4) is 0 Å². The van der Waals surface area contributed by atoms with E-state index >= 15 is 0 Å². The Morgan fingerprint density at radius 2 is 1.71 bits per heavy atom. The quantitative estimate of drug-likeness (QED) is 0.727. The summed E-state index contributed by atoms with van der Waals surface area (Å²) < 4.78 is 0. The highest BCUT2D eigenvalue weighted by atomic mass is 15.2. The maximum absolute atomic E-state index is 3.68. The van der Waals surface area contributed by atoms with Crippen LogP contribution in [0.3, 0.4) is 0 Å². The zero-order valence-corrected chi connectivity index (χ0v) is 14.2. The third-order valence-corrected chi connectivity index (χ3v) is 4.45. The van der Waals surface area contributed by atoms with Crippen LogP contribution in [0.5, 0.6) is 0 Å². The first-order valence-corrected chi connectivity index (χ1v) is 8.73. The van der Waals surface area contributed by atoms with Crippen molar-refractivity contribution in [1.29, 1.82) is 0 Å². The van der Waals surface area contributed by atoms with Crippen LogP contribution >= 0.6 is 0 Å². The Morgan fingerprint density at radius 3 is 2.19 bits per heavy atom. The molecule has 1 aliphatic rings. The summed E-state index contributed by atoms with van der Waals surface area (Å²) in [6.45, 7) is 12.4. The molecule has 0 aromatic heterocycles. The largest absolute Gasteiger partial charge is 0.309 e. The van der Waals surface area contributed by atoms with Crippen molar-refractivity contribution in [1.82, 2.24) is 10.2 Å². The molecule has 0 spiro atoms. The molecule has 1 aliphatic carbocycles. The molecule has 118 valence electrons. The maximum Gasteiger partial charge on any atom is 0.0449 e. The van der Waals surface area contributed by atoms with E-state index in [0.717, 1.165) is 19.1 Å².